The molecule has 0 radical (unpaired) electrons. The molecule has 0 saturated heterocycles. The zero-order valence-corrected chi connectivity index (χ0v) is 16.9. The molecular weight excluding hydrogens is 396 g/mol. The van der Waals surface area contributed by atoms with Gasteiger partial charge < -0.3 is 9.72 Å². The number of aromatic nitrogens is 2. The van der Waals surface area contributed by atoms with E-state index in [-0.39, 0.29) is 11.7 Å². The standard InChI is InChI=1S/C23H20N4O2S/c28-22(16-30-23-25-19-11-5-6-12-20(19)26-23)27-24-14-18-10-4-7-13-21(18)29-15-17-8-2-1-3-9-17/h1-14H,15-16H2,(H,25,26)(H,27,28)/b24-14-. The third-order valence-corrected chi connectivity index (χ3v) is 5.13. The van der Waals surface area contributed by atoms with E-state index in [9.17, 15) is 4.79 Å². The molecule has 2 N–H and O–H groups in total. The molecule has 150 valence electrons. The highest BCUT2D eigenvalue weighted by Crippen LogP contribution is 2.19. The van der Waals surface area contributed by atoms with Gasteiger partial charge in [-0.15, -0.1) is 0 Å². The van der Waals surface area contributed by atoms with E-state index in [1.165, 1.54) is 11.8 Å². The zero-order chi connectivity index (χ0) is 20.6. The minimum absolute atomic E-state index is 0.209. The number of fused-ring (bicyclic) bond motifs is 1. The van der Waals surface area contributed by atoms with Crippen molar-refractivity contribution in [3.63, 3.8) is 0 Å². The molecule has 0 bridgehead atoms. The molecule has 1 heterocycles. The van der Waals surface area contributed by atoms with Crippen molar-refractivity contribution in [3.8, 4) is 5.75 Å². The SMILES string of the molecule is O=C(CSc1nc2ccccc2[nH]1)N/N=C\c1ccccc1OCc1ccccc1. The normalized spacial score (nSPS) is 11.1. The third kappa shape index (κ3) is 5.27. The Morgan fingerprint density at radius 2 is 1.80 bits per heavy atom. The summed E-state index contributed by atoms with van der Waals surface area (Å²) in [5.41, 5.74) is 6.25. The van der Waals surface area contributed by atoms with Gasteiger partial charge in [0.15, 0.2) is 5.16 Å². The van der Waals surface area contributed by atoms with Crippen LogP contribution in [0.2, 0.25) is 0 Å². The van der Waals surface area contributed by atoms with Gasteiger partial charge in [0.05, 0.1) is 23.0 Å². The maximum Gasteiger partial charge on any atom is 0.250 e. The molecule has 0 spiro atoms. The molecule has 0 aliphatic heterocycles. The Labute approximate surface area is 178 Å². The smallest absolute Gasteiger partial charge is 0.250 e. The second-order valence-electron chi connectivity index (χ2n) is 6.45. The number of ether oxygens (including phenoxy) is 1. The van der Waals surface area contributed by atoms with E-state index in [0.717, 1.165) is 22.2 Å². The molecule has 3 aromatic carbocycles. The van der Waals surface area contributed by atoms with E-state index < -0.39 is 0 Å². The molecule has 7 heteroatoms. The summed E-state index contributed by atoms with van der Waals surface area (Å²) < 4.78 is 5.89. The van der Waals surface area contributed by atoms with Crippen LogP contribution in [0, 0.1) is 0 Å². The molecule has 0 saturated carbocycles. The molecule has 0 aliphatic rings. The molecule has 4 aromatic rings. The predicted octanol–water partition coefficient (Wildman–Crippen LogP) is 4.38. The van der Waals surface area contributed by atoms with Crippen molar-refractivity contribution in [2.24, 2.45) is 5.10 Å². The van der Waals surface area contributed by atoms with Gasteiger partial charge in [0.2, 0.25) is 0 Å². The van der Waals surface area contributed by atoms with Crippen LogP contribution >= 0.6 is 11.8 Å². The molecule has 0 aliphatic carbocycles. The monoisotopic (exact) mass is 416 g/mol. The molecule has 1 aromatic heterocycles. The zero-order valence-electron chi connectivity index (χ0n) is 16.1. The van der Waals surface area contributed by atoms with Crippen LogP contribution in [0.15, 0.2) is 89.1 Å². The molecule has 1 amide bonds. The van der Waals surface area contributed by atoms with Crippen LogP contribution in [0.4, 0.5) is 0 Å². The number of para-hydroxylation sites is 3. The van der Waals surface area contributed by atoms with Crippen LogP contribution in [0.25, 0.3) is 11.0 Å². The van der Waals surface area contributed by atoms with Gasteiger partial charge in [-0.05, 0) is 29.8 Å². The third-order valence-electron chi connectivity index (χ3n) is 4.26. The Hall–Kier alpha value is -3.58. The maximum atomic E-state index is 12.1. The first kappa shape index (κ1) is 19.7. The summed E-state index contributed by atoms with van der Waals surface area (Å²) in [6, 6.07) is 25.3. The van der Waals surface area contributed by atoms with Crippen molar-refractivity contribution >= 4 is 34.9 Å². The Balaban J connectivity index is 1.30. The lowest BCUT2D eigenvalue weighted by atomic mass is 10.2. The number of aromatic amines is 1. The molecule has 30 heavy (non-hydrogen) atoms. The number of carbonyl (C=O) groups excluding carboxylic acids is 1. The largest absolute Gasteiger partial charge is 0.488 e. The topological polar surface area (TPSA) is 79.4 Å². The van der Waals surface area contributed by atoms with Crippen LogP contribution in [0.1, 0.15) is 11.1 Å². The Morgan fingerprint density at radius 3 is 2.67 bits per heavy atom. The molecule has 0 unspecified atom stereocenters. The molecule has 6 nitrogen and oxygen atoms in total. The maximum absolute atomic E-state index is 12.1. The van der Waals surface area contributed by atoms with Crippen molar-refractivity contribution in [1.29, 1.82) is 0 Å². The summed E-state index contributed by atoms with van der Waals surface area (Å²) in [6.45, 7) is 0.464. The van der Waals surface area contributed by atoms with E-state index in [1.807, 2.05) is 78.9 Å². The average Bonchev–Trinajstić information content (AvgIpc) is 3.21. The second kappa shape index (κ2) is 9.76. The fraction of sp³-hybridized carbons (Fsp3) is 0.0870. The highest BCUT2D eigenvalue weighted by Gasteiger charge is 2.06. The lowest BCUT2D eigenvalue weighted by molar-refractivity contribution is -0.118. The van der Waals surface area contributed by atoms with Gasteiger partial charge in [-0.3, -0.25) is 4.79 Å². The van der Waals surface area contributed by atoms with E-state index >= 15 is 0 Å². The van der Waals surface area contributed by atoms with Gasteiger partial charge in [-0.2, -0.15) is 5.10 Å². The van der Waals surface area contributed by atoms with Crippen molar-refractivity contribution in [3.05, 3.63) is 90.0 Å². The number of nitrogens with one attached hydrogen (secondary N) is 2. The van der Waals surface area contributed by atoms with E-state index in [1.54, 1.807) is 6.21 Å². The van der Waals surface area contributed by atoms with Gasteiger partial charge in [-0.25, -0.2) is 10.4 Å². The summed E-state index contributed by atoms with van der Waals surface area (Å²) >= 11 is 1.33. The van der Waals surface area contributed by atoms with Crippen LogP contribution in [0.5, 0.6) is 5.75 Å². The fourth-order valence-corrected chi connectivity index (χ4v) is 3.47. The van der Waals surface area contributed by atoms with Gasteiger partial charge >= 0.3 is 0 Å². The molecular formula is C23H20N4O2S. The average molecular weight is 417 g/mol. The number of rotatable bonds is 8. The van der Waals surface area contributed by atoms with Crippen molar-refractivity contribution in [2.45, 2.75) is 11.8 Å². The number of imidazole rings is 1. The first-order valence-electron chi connectivity index (χ1n) is 9.43. The second-order valence-corrected chi connectivity index (χ2v) is 7.42. The molecule has 0 fully saturated rings. The van der Waals surface area contributed by atoms with Gasteiger partial charge in [-0.1, -0.05) is 66.4 Å². The minimum atomic E-state index is -0.209. The number of amides is 1. The van der Waals surface area contributed by atoms with Gasteiger partial charge in [0.1, 0.15) is 12.4 Å². The molecule has 0 atom stereocenters. The number of hydrogen-bond acceptors (Lipinski definition) is 5. The molecule has 4 rings (SSSR count). The predicted molar refractivity (Wildman–Crippen MR) is 120 cm³/mol. The lowest BCUT2D eigenvalue weighted by Gasteiger charge is -2.08. The quantitative estimate of drug-likeness (QED) is 0.254. The fourth-order valence-electron chi connectivity index (χ4n) is 2.79. The van der Waals surface area contributed by atoms with Crippen molar-refractivity contribution in [2.75, 3.05) is 5.75 Å². The first-order chi connectivity index (χ1) is 14.8. The number of carbonyl (C=O) groups is 1. The number of H-pyrrole nitrogens is 1. The van der Waals surface area contributed by atoms with Crippen LogP contribution in [-0.2, 0) is 11.4 Å². The number of nitrogens with zero attached hydrogens (tertiary/aromatic N) is 2. The highest BCUT2D eigenvalue weighted by atomic mass is 32.2. The van der Waals surface area contributed by atoms with Crippen molar-refractivity contribution < 1.29 is 9.53 Å². The number of hydrazone groups is 1. The van der Waals surface area contributed by atoms with Gasteiger partial charge in [0, 0.05) is 5.56 Å². The summed E-state index contributed by atoms with van der Waals surface area (Å²) in [4.78, 5) is 19.7. The lowest BCUT2D eigenvalue weighted by Crippen LogP contribution is -2.19. The summed E-state index contributed by atoms with van der Waals surface area (Å²) in [6.07, 6.45) is 1.59. The van der Waals surface area contributed by atoms with Crippen molar-refractivity contribution in [1.82, 2.24) is 15.4 Å². The van der Waals surface area contributed by atoms with Crippen LogP contribution < -0.4 is 10.2 Å². The highest BCUT2D eigenvalue weighted by molar-refractivity contribution is 7.99. The number of hydrogen-bond donors (Lipinski definition) is 2. The minimum Gasteiger partial charge on any atom is -0.488 e. The van der Waals surface area contributed by atoms with Gasteiger partial charge in [0.25, 0.3) is 5.91 Å². The Morgan fingerprint density at radius 1 is 1.03 bits per heavy atom. The van der Waals surface area contributed by atoms with E-state index in [0.29, 0.717) is 17.5 Å². The van der Waals surface area contributed by atoms with E-state index in [4.69, 9.17) is 4.74 Å². The number of thioether (sulfide) groups is 1. The summed E-state index contributed by atoms with van der Waals surface area (Å²) in [5.74, 6) is 0.707. The van der Waals surface area contributed by atoms with E-state index in [2.05, 4.69) is 20.5 Å². The Bertz CT molecular complexity index is 1130. The Kier molecular flexibility index (Phi) is 6.41. The summed E-state index contributed by atoms with van der Waals surface area (Å²) in [5, 5.41) is 4.77. The number of benzene rings is 3. The van der Waals surface area contributed by atoms with Crippen LogP contribution in [-0.4, -0.2) is 27.8 Å². The van der Waals surface area contributed by atoms with Crippen LogP contribution in [0.3, 0.4) is 0 Å². The summed E-state index contributed by atoms with van der Waals surface area (Å²) in [7, 11) is 0. The first-order valence-corrected chi connectivity index (χ1v) is 10.4.